The average Bonchev–Trinajstić information content (AvgIpc) is 2.34. The second-order valence-electron chi connectivity index (χ2n) is 5.89. The monoisotopic (exact) mass is 268 g/mol. The number of rotatable bonds is 13. The van der Waals surface area contributed by atoms with E-state index in [9.17, 15) is 4.79 Å². The molecule has 0 aromatic rings. The van der Waals surface area contributed by atoms with E-state index < -0.39 is 5.97 Å². The standard InChI is InChI=1S/C17H32O2/c1-16(2)14-12-10-8-6-4-3-5-7-9-11-13-15-17(18)19/h13,15-16H,3-12,14H2,1-2H3,(H,18,19)/b15-13+. The van der Waals surface area contributed by atoms with Crippen molar-refractivity contribution in [2.45, 2.75) is 84.5 Å². The first kappa shape index (κ1) is 18.2. The molecule has 0 spiro atoms. The maximum Gasteiger partial charge on any atom is 0.327 e. The third-order valence-electron chi connectivity index (χ3n) is 3.41. The highest BCUT2D eigenvalue weighted by atomic mass is 16.4. The van der Waals surface area contributed by atoms with Gasteiger partial charge in [0.2, 0.25) is 0 Å². The summed E-state index contributed by atoms with van der Waals surface area (Å²) in [5.41, 5.74) is 0. The molecule has 2 heteroatoms. The van der Waals surface area contributed by atoms with Crippen molar-refractivity contribution in [3.63, 3.8) is 0 Å². The van der Waals surface area contributed by atoms with E-state index in [0.717, 1.165) is 18.8 Å². The largest absolute Gasteiger partial charge is 0.478 e. The molecule has 1 N–H and O–H groups in total. The third-order valence-corrected chi connectivity index (χ3v) is 3.41. The van der Waals surface area contributed by atoms with Crippen molar-refractivity contribution < 1.29 is 9.90 Å². The molecule has 0 rings (SSSR count). The van der Waals surface area contributed by atoms with Crippen molar-refractivity contribution >= 4 is 5.97 Å². The van der Waals surface area contributed by atoms with Crippen molar-refractivity contribution in [1.29, 1.82) is 0 Å². The molecule has 0 unspecified atom stereocenters. The zero-order valence-corrected chi connectivity index (χ0v) is 12.9. The molecule has 0 fully saturated rings. The fourth-order valence-corrected chi connectivity index (χ4v) is 2.24. The van der Waals surface area contributed by atoms with Gasteiger partial charge in [-0.15, -0.1) is 0 Å². The second-order valence-corrected chi connectivity index (χ2v) is 5.89. The fraction of sp³-hybridized carbons (Fsp3) is 0.824. The summed E-state index contributed by atoms with van der Waals surface area (Å²) in [5.74, 6) is 0.0210. The minimum atomic E-state index is -0.836. The molecule has 0 aliphatic heterocycles. The maximum atomic E-state index is 10.2. The van der Waals surface area contributed by atoms with Gasteiger partial charge in [-0.1, -0.05) is 77.7 Å². The van der Waals surface area contributed by atoms with Gasteiger partial charge in [0, 0.05) is 6.08 Å². The third kappa shape index (κ3) is 17.2. The van der Waals surface area contributed by atoms with Crippen LogP contribution < -0.4 is 0 Å². The molecule has 0 bridgehead atoms. The second kappa shape index (κ2) is 13.6. The summed E-state index contributed by atoms with van der Waals surface area (Å²) in [7, 11) is 0. The van der Waals surface area contributed by atoms with Crippen LogP contribution in [0, 0.1) is 5.92 Å². The molecule has 0 heterocycles. The zero-order valence-electron chi connectivity index (χ0n) is 12.9. The fourth-order valence-electron chi connectivity index (χ4n) is 2.24. The quantitative estimate of drug-likeness (QED) is 0.350. The number of allylic oxidation sites excluding steroid dienone is 1. The van der Waals surface area contributed by atoms with Crippen LogP contribution in [0.3, 0.4) is 0 Å². The van der Waals surface area contributed by atoms with Crippen LogP contribution >= 0.6 is 0 Å². The number of hydrogen-bond acceptors (Lipinski definition) is 1. The lowest BCUT2D eigenvalue weighted by Gasteiger charge is -2.04. The first-order chi connectivity index (χ1) is 9.13. The van der Waals surface area contributed by atoms with E-state index in [0.29, 0.717) is 0 Å². The van der Waals surface area contributed by atoms with E-state index >= 15 is 0 Å². The van der Waals surface area contributed by atoms with Gasteiger partial charge in [0.1, 0.15) is 0 Å². The van der Waals surface area contributed by atoms with Gasteiger partial charge in [0.15, 0.2) is 0 Å². The van der Waals surface area contributed by atoms with Crippen molar-refractivity contribution in [1.82, 2.24) is 0 Å². The highest BCUT2D eigenvalue weighted by Crippen LogP contribution is 2.13. The molecule has 112 valence electrons. The summed E-state index contributed by atoms with van der Waals surface area (Å²) >= 11 is 0. The van der Waals surface area contributed by atoms with Crippen LogP contribution in [0.15, 0.2) is 12.2 Å². The zero-order chi connectivity index (χ0) is 14.3. The molecular formula is C17H32O2. The van der Waals surface area contributed by atoms with Crippen molar-refractivity contribution in [3.05, 3.63) is 12.2 Å². The van der Waals surface area contributed by atoms with Gasteiger partial charge in [0.25, 0.3) is 0 Å². The number of carboxylic acid groups (broad SMARTS) is 1. The molecular weight excluding hydrogens is 236 g/mol. The Morgan fingerprint density at radius 2 is 1.37 bits per heavy atom. The van der Waals surface area contributed by atoms with Gasteiger partial charge in [-0.05, 0) is 18.8 Å². The van der Waals surface area contributed by atoms with Crippen LogP contribution in [0.1, 0.15) is 84.5 Å². The predicted octanol–water partition coefficient (Wildman–Crippen LogP) is 5.57. The van der Waals surface area contributed by atoms with Crippen molar-refractivity contribution in [2.24, 2.45) is 5.92 Å². The number of unbranched alkanes of at least 4 members (excludes halogenated alkanes) is 9. The Morgan fingerprint density at radius 3 is 1.84 bits per heavy atom. The molecule has 0 saturated heterocycles. The Morgan fingerprint density at radius 1 is 0.895 bits per heavy atom. The first-order valence-corrected chi connectivity index (χ1v) is 8.02. The lowest BCUT2D eigenvalue weighted by Crippen LogP contribution is -1.87. The van der Waals surface area contributed by atoms with E-state index in [1.54, 1.807) is 6.08 Å². The topological polar surface area (TPSA) is 37.3 Å². The molecule has 2 nitrogen and oxygen atoms in total. The summed E-state index contributed by atoms with van der Waals surface area (Å²) in [6, 6.07) is 0. The normalized spacial score (nSPS) is 11.5. The van der Waals surface area contributed by atoms with Gasteiger partial charge in [-0.2, -0.15) is 0 Å². The lowest BCUT2D eigenvalue weighted by molar-refractivity contribution is -0.131. The van der Waals surface area contributed by atoms with E-state index in [-0.39, 0.29) is 0 Å². The molecule has 0 saturated carbocycles. The summed E-state index contributed by atoms with van der Waals surface area (Å²) in [5, 5.41) is 8.42. The van der Waals surface area contributed by atoms with E-state index in [1.807, 2.05) is 0 Å². The van der Waals surface area contributed by atoms with Gasteiger partial charge >= 0.3 is 5.97 Å². The summed E-state index contributed by atoms with van der Waals surface area (Å²) in [6.07, 6.45) is 17.2. The highest BCUT2D eigenvalue weighted by Gasteiger charge is 1.95. The molecule has 19 heavy (non-hydrogen) atoms. The molecule has 0 atom stereocenters. The summed E-state index contributed by atoms with van der Waals surface area (Å²) in [4.78, 5) is 10.2. The SMILES string of the molecule is CC(C)CCCCCCCCCCC/C=C/C(=O)O. The Balaban J connectivity index is 3.05. The van der Waals surface area contributed by atoms with Gasteiger partial charge < -0.3 is 5.11 Å². The van der Waals surface area contributed by atoms with Crippen LogP contribution in [0.25, 0.3) is 0 Å². The lowest BCUT2D eigenvalue weighted by atomic mass is 10.0. The van der Waals surface area contributed by atoms with Gasteiger partial charge in [-0.3, -0.25) is 0 Å². The number of hydrogen-bond donors (Lipinski definition) is 1. The Hall–Kier alpha value is -0.790. The van der Waals surface area contributed by atoms with E-state index in [1.165, 1.54) is 63.9 Å². The van der Waals surface area contributed by atoms with Gasteiger partial charge in [-0.25, -0.2) is 4.79 Å². The van der Waals surface area contributed by atoms with Crippen LogP contribution in [0.4, 0.5) is 0 Å². The molecule has 0 aliphatic rings. The maximum absolute atomic E-state index is 10.2. The Labute approximate surface area is 119 Å². The number of aliphatic carboxylic acids is 1. The molecule has 0 radical (unpaired) electrons. The predicted molar refractivity (Wildman–Crippen MR) is 82.4 cm³/mol. The Kier molecular flexibility index (Phi) is 13.1. The minimum Gasteiger partial charge on any atom is -0.478 e. The van der Waals surface area contributed by atoms with Gasteiger partial charge in [0.05, 0.1) is 0 Å². The average molecular weight is 268 g/mol. The molecule has 0 aromatic heterocycles. The van der Waals surface area contributed by atoms with Crippen LogP contribution in [-0.2, 0) is 4.79 Å². The summed E-state index contributed by atoms with van der Waals surface area (Å²) < 4.78 is 0. The Bertz CT molecular complexity index is 231. The van der Waals surface area contributed by atoms with Crippen molar-refractivity contribution in [3.8, 4) is 0 Å². The molecule has 0 amide bonds. The van der Waals surface area contributed by atoms with Crippen molar-refractivity contribution in [2.75, 3.05) is 0 Å². The number of carbonyl (C=O) groups is 1. The number of carboxylic acids is 1. The van der Waals surface area contributed by atoms with Crippen LogP contribution in [-0.4, -0.2) is 11.1 Å². The molecule has 0 aromatic carbocycles. The summed E-state index contributed by atoms with van der Waals surface area (Å²) in [6.45, 7) is 4.59. The smallest absolute Gasteiger partial charge is 0.327 e. The van der Waals surface area contributed by atoms with E-state index in [2.05, 4.69) is 13.8 Å². The highest BCUT2D eigenvalue weighted by molar-refractivity contribution is 5.79. The first-order valence-electron chi connectivity index (χ1n) is 8.02. The van der Waals surface area contributed by atoms with Crippen LogP contribution in [0.2, 0.25) is 0 Å². The van der Waals surface area contributed by atoms with Crippen LogP contribution in [0.5, 0.6) is 0 Å². The minimum absolute atomic E-state index is 0.836. The van der Waals surface area contributed by atoms with E-state index in [4.69, 9.17) is 5.11 Å². The molecule has 0 aliphatic carbocycles.